The molecular formula is C20H36O6P2. The van der Waals surface area contributed by atoms with E-state index in [0.29, 0.717) is 26.4 Å². The second kappa shape index (κ2) is 12.3. The molecule has 162 valence electrons. The lowest BCUT2D eigenvalue weighted by molar-refractivity contribution is 0.218. The molecule has 0 N–H and O–H groups in total. The first-order chi connectivity index (χ1) is 13.3. The molecule has 0 aliphatic heterocycles. The molecule has 0 aliphatic carbocycles. The standard InChI is InChI=1S/C20H36O6P2/c1-7-17-13-20(16-28(22,25-11-5)26-12-6)18(8-2)14-19(17)15-27(21,23-9-3)24-10-4/h13-14H,7-12,15-16H2,1-6H3. The van der Waals surface area contributed by atoms with Crippen LogP contribution in [0.1, 0.15) is 63.8 Å². The summed E-state index contributed by atoms with van der Waals surface area (Å²) in [6.45, 7) is 12.7. The Bertz CT molecular complexity index is 624. The van der Waals surface area contributed by atoms with Crippen LogP contribution in [0.2, 0.25) is 0 Å². The van der Waals surface area contributed by atoms with Gasteiger partial charge < -0.3 is 18.1 Å². The third-order valence-corrected chi connectivity index (χ3v) is 8.38. The molecule has 0 spiro atoms. The zero-order chi connectivity index (χ0) is 21.2. The van der Waals surface area contributed by atoms with E-state index in [0.717, 1.165) is 35.1 Å². The fraction of sp³-hybridized carbons (Fsp3) is 0.700. The van der Waals surface area contributed by atoms with Crippen molar-refractivity contribution in [1.82, 2.24) is 0 Å². The van der Waals surface area contributed by atoms with Gasteiger partial charge >= 0.3 is 15.2 Å². The smallest absolute Gasteiger partial charge is 0.309 e. The summed E-state index contributed by atoms with van der Waals surface area (Å²) < 4.78 is 47.9. The van der Waals surface area contributed by atoms with Gasteiger partial charge in [0.1, 0.15) is 0 Å². The molecule has 0 radical (unpaired) electrons. The van der Waals surface area contributed by atoms with Crippen molar-refractivity contribution in [2.45, 2.75) is 66.7 Å². The summed E-state index contributed by atoms with van der Waals surface area (Å²) in [5, 5.41) is 0. The highest BCUT2D eigenvalue weighted by Crippen LogP contribution is 2.54. The Kier molecular flexibility index (Phi) is 11.2. The number of rotatable bonds is 14. The maximum Gasteiger partial charge on any atom is 0.335 e. The van der Waals surface area contributed by atoms with Crippen LogP contribution in [-0.2, 0) is 52.4 Å². The Balaban J connectivity index is 3.31. The van der Waals surface area contributed by atoms with Crippen LogP contribution in [0.3, 0.4) is 0 Å². The topological polar surface area (TPSA) is 71.1 Å². The number of benzene rings is 1. The molecule has 0 heterocycles. The maximum absolute atomic E-state index is 13.0. The third-order valence-electron chi connectivity index (χ3n) is 4.31. The summed E-state index contributed by atoms with van der Waals surface area (Å²) in [6.07, 6.45) is 2.00. The van der Waals surface area contributed by atoms with Crippen molar-refractivity contribution >= 4 is 15.2 Å². The quantitative estimate of drug-likeness (QED) is 0.318. The van der Waals surface area contributed by atoms with E-state index in [9.17, 15) is 9.13 Å². The fourth-order valence-electron chi connectivity index (χ4n) is 3.21. The van der Waals surface area contributed by atoms with Gasteiger partial charge in [-0.1, -0.05) is 26.0 Å². The fourth-order valence-corrected chi connectivity index (χ4v) is 6.72. The summed E-state index contributed by atoms with van der Waals surface area (Å²) in [5.41, 5.74) is 4.00. The summed E-state index contributed by atoms with van der Waals surface area (Å²) in [6, 6.07) is 4.09. The van der Waals surface area contributed by atoms with Crippen molar-refractivity contribution < 1.29 is 27.2 Å². The van der Waals surface area contributed by atoms with E-state index >= 15 is 0 Å². The van der Waals surface area contributed by atoms with Crippen LogP contribution in [0, 0.1) is 0 Å². The Hall–Kier alpha value is -0.480. The summed E-state index contributed by atoms with van der Waals surface area (Å²) in [7, 11) is -6.39. The van der Waals surface area contributed by atoms with Gasteiger partial charge in [0.2, 0.25) is 0 Å². The molecule has 1 aromatic rings. The minimum absolute atomic E-state index is 0.236. The van der Waals surface area contributed by atoms with Crippen molar-refractivity contribution in [2.24, 2.45) is 0 Å². The summed E-state index contributed by atoms with van der Waals surface area (Å²) in [5.74, 6) is 0. The Morgan fingerprint density at radius 1 is 0.571 bits per heavy atom. The van der Waals surface area contributed by atoms with E-state index in [1.165, 1.54) is 0 Å². The third kappa shape index (κ3) is 7.40. The minimum atomic E-state index is -3.19. The van der Waals surface area contributed by atoms with Gasteiger partial charge in [-0.2, -0.15) is 0 Å². The number of hydrogen-bond donors (Lipinski definition) is 0. The van der Waals surface area contributed by atoms with Crippen LogP contribution in [-0.4, -0.2) is 26.4 Å². The van der Waals surface area contributed by atoms with Gasteiger partial charge in [0, 0.05) is 0 Å². The maximum atomic E-state index is 13.0. The van der Waals surface area contributed by atoms with Crippen LogP contribution < -0.4 is 0 Å². The molecule has 0 aliphatic rings. The minimum Gasteiger partial charge on any atom is -0.309 e. The van der Waals surface area contributed by atoms with Crippen LogP contribution in [0.4, 0.5) is 0 Å². The van der Waals surface area contributed by atoms with Gasteiger partial charge in [-0.3, -0.25) is 9.13 Å². The highest BCUT2D eigenvalue weighted by Gasteiger charge is 2.28. The van der Waals surface area contributed by atoms with Gasteiger partial charge in [-0.15, -0.1) is 0 Å². The average Bonchev–Trinajstić information content (AvgIpc) is 2.63. The molecule has 1 aromatic carbocycles. The second-order valence-electron chi connectivity index (χ2n) is 6.31. The first-order valence-corrected chi connectivity index (χ1v) is 13.6. The molecule has 0 unspecified atom stereocenters. The Morgan fingerprint density at radius 3 is 1.07 bits per heavy atom. The van der Waals surface area contributed by atoms with E-state index in [2.05, 4.69) is 0 Å². The highest BCUT2D eigenvalue weighted by molar-refractivity contribution is 7.53. The highest BCUT2D eigenvalue weighted by atomic mass is 31.2. The number of hydrogen-bond acceptors (Lipinski definition) is 6. The van der Waals surface area contributed by atoms with E-state index in [-0.39, 0.29) is 12.3 Å². The first kappa shape index (κ1) is 25.6. The van der Waals surface area contributed by atoms with Crippen molar-refractivity contribution in [3.8, 4) is 0 Å². The average molecular weight is 434 g/mol. The molecule has 0 amide bonds. The van der Waals surface area contributed by atoms with E-state index < -0.39 is 15.2 Å². The van der Waals surface area contributed by atoms with Gasteiger partial charge in [-0.25, -0.2) is 0 Å². The van der Waals surface area contributed by atoms with Crippen LogP contribution in [0.5, 0.6) is 0 Å². The molecule has 0 atom stereocenters. The van der Waals surface area contributed by atoms with Crippen molar-refractivity contribution in [1.29, 1.82) is 0 Å². The normalized spacial score (nSPS) is 12.5. The zero-order valence-corrected chi connectivity index (χ0v) is 19.9. The molecule has 0 fully saturated rings. The van der Waals surface area contributed by atoms with Crippen molar-refractivity contribution in [3.63, 3.8) is 0 Å². The molecule has 1 rings (SSSR count). The van der Waals surface area contributed by atoms with Crippen molar-refractivity contribution in [2.75, 3.05) is 26.4 Å². The summed E-state index contributed by atoms with van der Waals surface area (Å²) >= 11 is 0. The van der Waals surface area contributed by atoms with E-state index in [1.807, 2.05) is 53.7 Å². The largest absolute Gasteiger partial charge is 0.335 e. The number of aryl methyl sites for hydroxylation is 2. The lowest BCUT2D eigenvalue weighted by atomic mass is 9.97. The lowest BCUT2D eigenvalue weighted by Crippen LogP contribution is -2.06. The van der Waals surface area contributed by atoms with Gasteiger partial charge in [0.25, 0.3) is 0 Å². The van der Waals surface area contributed by atoms with E-state index in [4.69, 9.17) is 18.1 Å². The molecule has 6 nitrogen and oxygen atoms in total. The molecule has 8 heteroatoms. The predicted octanol–water partition coefficient (Wildman–Crippen LogP) is 6.34. The van der Waals surface area contributed by atoms with Gasteiger partial charge in [-0.05, 0) is 62.8 Å². The van der Waals surface area contributed by atoms with Gasteiger partial charge in [0.15, 0.2) is 0 Å². The van der Waals surface area contributed by atoms with E-state index in [1.54, 1.807) is 0 Å². The SMILES string of the molecule is CCOP(=O)(Cc1cc(CC)c(CP(=O)(OCC)OCC)cc1CC)OCC. The molecular weight excluding hydrogens is 398 g/mol. The molecule has 0 bridgehead atoms. The van der Waals surface area contributed by atoms with Crippen LogP contribution in [0.15, 0.2) is 12.1 Å². The molecule has 0 saturated heterocycles. The van der Waals surface area contributed by atoms with Crippen LogP contribution in [0.25, 0.3) is 0 Å². The van der Waals surface area contributed by atoms with Gasteiger partial charge in [0.05, 0.1) is 38.8 Å². The van der Waals surface area contributed by atoms with Crippen LogP contribution >= 0.6 is 15.2 Å². The molecule has 0 saturated carbocycles. The molecule has 28 heavy (non-hydrogen) atoms. The second-order valence-corrected chi connectivity index (χ2v) is 10.4. The Morgan fingerprint density at radius 2 is 0.857 bits per heavy atom. The monoisotopic (exact) mass is 434 g/mol. The lowest BCUT2D eigenvalue weighted by Gasteiger charge is -2.22. The Labute approximate surface area is 170 Å². The predicted molar refractivity (Wildman–Crippen MR) is 114 cm³/mol. The van der Waals surface area contributed by atoms with Crippen molar-refractivity contribution in [3.05, 3.63) is 34.4 Å². The summed E-state index contributed by atoms with van der Waals surface area (Å²) in [4.78, 5) is 0. The first-order valence-electron chi connectivity index (χ1n) is 10.2. The zero-order valence-electron chi connectivity index (χ0n) is 18.2. The molecule has 0 aromatic heterocycles.